The summed E-state index contributed by atoms with van der Waals surface area (Å²) in [6.45, 7) is 6.59. The summed E-state index contributed by atoms with van der Waals surface area (Å²) in [7, 11) is 1.66. The molecule has 0 saturated carbocycles. The predicted molar refractivity (Wildman–Crippen MR) is 116 cm³/mol. The first-order chi connectivity index (χ1) is 14.3. The van der Waals surface area contributed by atoms with E-state index in [0.717, 1.165) is 37.6 Å². The number of pyridine rings is 1. The van der Waals surface area contributed by atoms with E-state index in [1.54, 1.807) is 13.3 Å². The molecule has 3 rings (SSSR count). The molecule has 2 heterocycles. The topological polar surface area (TPSA) is 59.0 Å². The van der Waals surface area contributed by atoms with E-state index in [-0.39, 0.29) is 0 Å². The Balaban J connectivity index is 1.62. The van der Waals surface area contributed by atoms with Gasteiger partial charge < -0.3 is 19.7 Å². The summed E-state index contributed by atoms with van der Waals surface area (Å²) in [5.41, 5.74) is 2.40. The Morgan fingerprint density at radius 1 is 1.21 bits per heavy atom. The number of hydrogen-bond donors (Lipinski definition) is 1. The third kappa shape index (κ3) is 6.46. The van der Waals surface area contributed by atoms with Crippen molar-refractivity contribution in [1.82, 2.24) is 15.2 Å². The molecule has 1 aromatic heterocycles. The minimum Gasteiger partial charge on any atom is -0.475 e. The van der Waals surface area contributed by atoms with Crippen LogP contribution < -0.4 is 10.1 Å². The third-order valence-electron chi connectivity index (χ3n) is 5.06. The minimum atomic E-state index is 0.484. The molecule has 1 N–H and O–H groups in total. The van der Waals surface area contributed by atoms with Gasteiger partial charge >= 0.3 is 0 Å². The van der Waals surface area contributed by atoms with Crippen molar-refractivity contribution in [1.29, 1.82) is 0 Å². The third-order valence-corrected chi connectivity index (χ3v) is 5.06. The number of likely N-dealkylation sites (tertiary alicyclic amines) is 1. The van der Waals surface area contributed by atoms with Gasteiger partial charge in [0, 0.05) is 38.5 Å². The summed E-state index contributed by atoms with van der Waals surface area (Å²) in [6, 6.07) is 14.7. The highest BCUT2D eigenvalue weighted by Crippen LogP contribution is 2.21. The van der Waals surface area contributed by atoms with Crippen LogP contribution in [-0.4, -0.2) is 55.8 Å². The lowest BCUT2D eigenvalue weighted by molar-refractivity contribution is 0.143. The summed E-state index contributed by atoms with van der Waals surface area (Å²) >= 11 is 0. The van der Waals surface area contributed by atoms with Crippen molar-refractivity contribution in [2.75, 3.05) is 40.0 Å². The number of aromatic nitrogens is 1. The van der Waals surface area contributed by atoms with Crippen molar-refractivity contribution in [3.63, 3.8) is 0 Å². The van der Waals surface area contributed by atoms with Crippen LogP contribution in [0.5, 0.6) is 5.88 Å². The molecule has 156 valence electrons. The van der Waals surface area contributed by atoms with Crippen molar-refractivity contribution in [3.05, 3.63) is 59.8 Å². The summed E-state index contributed by atoms with van der Waals surface area (Å²) < 4.78 is 10.8. The Bertz CT molecular complexity index is 766. The van der Waals surface area contributed by atoms with Gasteiger partial charge in [0.1, 0.15) is 6.61 Å². The monoisotopic (exact) mass is 396 g/mol. The predicted octanol–water partition coefficient (Wildman–Crippen LogP) is 3.14. The molecule has 1 aliphatic heterocycles. The number of nitrogens with one attached hydrogen (secondary N) is 1. The Labute approximate surface area is 174 Å². The number of ether oxygens (including phenoxy) is 2. The molecule has 6 heteroatoms. The van der Waals surface area contributed by atoms with E-state index < -0.39 is 0 Å². The van der Waals surface area contributed by atoms with E-state index in [0.29, 0.717) is 31.6 Å². The van der Waals surface area contributed by atoms with Crippen molar-refractivity contribution in [2.45, 2.75) is 26.3 Å². The van der Waals surface area contributed by atoms with Crippen LogP contribution in [-0.2, 0) is 17.7 Å². The maximum absolute atomic E-state index is 5.74. The number of aliphatic imine (C=N–C) groups is 1. The fourth-order valence-corrected chi connectivity index (χ4v) is 3.62. The fourth-order valence-electron chi connectivity index (χ4n) is 3.62. The van der Waals surface area contributed by atoms with Gasteiger partial charge in [-0.2, -0.15) is 0 Å². The highest BCUT2D eigenvalue weighted by atomic mass is 16.5. The zero-order valence-corrected chi connectivity index (χ0v) is 17.5. The summed E-state index contributed by atoms with van der Waals surface area (Å²) in [5, 5.41) is 3.45. The molecule has 0 radical (unpaired) electrons. The van der Waals surface area contributed by atoms with Crippen LogP contribution in [0.3, 0.4) is 0 Å². The summed E-state index contributed by atoms with van der Waals surface area (Å²) in [4.78, 5) is 11.6. The second-order valence-corrected chi connectivity index (χ2v) is 7.27. The zero-order chi connectivity index (χ0) is 20.3. The molecule has 6 nitrogen and oxygen atoms in total. The van der Waals surface area contributed by atoms with Crippen LogP contribution in [0.2, 0.25) is 0 Å². The average molecular weight is 397 g/mol. The minimum absolute atomic E-state index is 0.484. The van der Waals surface area contributed by atoms with Gasteiger partial charge in [-0.3, -0.25) is 0 Å². The zero-order valence-electron chi connectivity index (χ0n) is 17.5. The van der Waals surface area contributed by atoms with Crippen LogP contribution >= 0.6 is 0 Å². The van der Waals surface area contributed by atoms with Crippen LogP contribution in [0.15, 0.2) is 53.7 Å². The van der Waals surface area contributed by atoms with Crippen LogP contribution in [0, 0.1) is 5.92 Å². The van der Waals surface area contributed by atoms with Gasteiger partial charge in [-0.25, -0.2) is 9.98 Å². The van der Waals surface area contributed by atoms with Gasteiger partial charge in [-0.15, -0.1) is 0 Å². The second-order valence-electron chi connectivity index (χ2n) is 7.27. The SMILES string of the molecule is CCNC(=NCc1cccnc1OCCOC)N1CCC(Cc2ccccc2)C1. The number of rotatable bonds is 9. The maximum atomic E-state index is 5.74. The summed E-state index contributed by atoms with van der Waals surface area (Å²) in [5.74, 6) is 2.26. The first-order valence-corrected chi connectivity index (χ1v) is 10.4. The molecule has 0 aliphatic carbocycles. The number of hydrogen-bond acceptors (Lipinski definition) is 4. The number of methoxy groups -OCH3 is 1. The fraction of sp³-hybridized carbons (Fsp3) is 0.478. The quantitative estimate of drug-likeness (QED) is 0.401. The first kappa shape index (κ1) is 21.1. The summed E-state index contributed by atoms with van der Waals surface area (Å²) in [6.07, 6.45) is 4.06. The molecule has 0 bridgehead atoms. The van der Waals surface area contributed by atoms with Gasteiger partial charge in [0.25, 0.3) is 0 Å². The van der Waals surface area contributed by atoms with Crippen LogP contribution in [0.4, 0.5) is 0 Å². The lowest BCUT2D eigenvalue weighted by Gasteiger charge is -2.22. The smallest absolute Gasteiger partial charge is 0.218 e. The molecule has 1 unspecified atom stereocenters. The standard InChI is InChI=1S/C23H32N4O2/c1-3-24-23(26-17-21-10-7-12-25-22(21)29-15-14-28-2)27-13-11-20(18-27)16-19-8-5-4-6-9-19/h4-10,12,20H,3,11,13-18H2,1-2H3,(H,24,26). The van der Waals surface area contributed by atoms with E-state index in [1.165, 1.54) is 12.0 Å². The largest absolute Gasteiger partial charge is 0.475 e. The Morgan fingerprint density at radius 3 is 2.86 bits per heavy atom. The highest BCUT2D eigenvalue weighted by Gasteiger charge is 2.25. The van der Waals surface area contributed by atoms with Crippen molar-refractivity contribution in [2.24, 2.45) is 10.9 Å². The molecule has 0 spiro atoms. The van der Waals surface area contributed by atoms with E-state index in [1.807, 2.05) is 12.1 Å². The van der Waals surface area contributed by atoms with Crippen molar-refractivity contribution in [3.8, 4) is 5.88 Å². The molecular weight excluding hydrogens is 364 g/mol. The average Bonchev–Trinajstić information content (AvgIpc) is 3.21. The molecule has 2 aromatic rings. The highest BCUT2D eigenvalue weighted by molar-refractivity contribution is 5.80. The molecule has 1 fully saturated rings. The second kappa shape index (κ2) is 11.4. The number of benzene rings is 1. The molecule has 29 heavy (non-hydrogen) atoms. The van der Waals surface area contributed by atoms with Gasteiger partial charge in [0.15, 0.2) is 5.96 Å². The molecule has 1 aromatic carbocycles. The Hall–Kier alpha value is -2.60. The molecule has 1 atom stereocenters. The molecular formula is C23H32N4O2. The maximum Gasteiger partial charge on any atom is 0.218 e. The van der Waals surface area contributed by atoms with E-state index >= 15 is 0 Å². The van der Waals surface area contributed by atoms with Gasteiger partial charge in [-0.05, 0) is 37.3 Å². The molecule has 1 aliphatic rings. The number of nitrogens with zero attached hydrogens (tertiary/aromatic N) is 3. The molecule has 0 amide bonds. The van der Waals surface area contributed by atoms with E-state index in [4.69, 9.17) is 14.5 Å². The van der Waals surface area contributed by atoms with Gasteiger partial charge in [0.2, 0.25) is 5.88 Å². The van der Waals surface area contributed by atoms with Gasteiger partial charge in [-0.1, -0.05) is 36.4 Å². The van der Waals surface area contributed by atoms with Crippen LogP contribution in [0.25, 0.3) is 0 Å². The Kier molecular flexibility index (Phi) is 8.31. The lowest BCUT2D eigenvalue weighted by atomic mass is 9.99. The number of guanidine groups is 1. The molecule has 1 saturated heterocycles. The Morgan fingerprint density at radius 2 is 2.07 bits per heavy atom. The first-order valence-electron chi connectivity index (χ1n) is 10.4. The lowest BCUT2D eigenvalue weighted by Crippen LogP contribution is -2.40. The van der Waals surface area contributed by atoms with Crippen molar-refractivity contribution >= 4 is 5.96 Å². The van der Waals surface area contributed by atoms with E-state index in [9.17, 15) is 0 Å². The van der Waals surface area contributed by atoms with Gasteiger partial charge in [0.05, 0.1) is 13.2 Å². The van der Waals surface area contributed by atoms with Crippen molar-refractivity contribution < 1.29 is 9.47 Å². The van der Waals surface area contributed by atoms with Crippen LogP contribution in [0.1, 0.15) is 24.5 Å². The van der Waals surface area contributed by atoms with E-state index in [2.05, 4.69) is 52.5 Å². The normalized spacial score (nSPS) is 16.8.